The van der Waals surface area contributed by atoms with Crippen LogP contribution in [0.3, 0.4) is 0 Å². The zero-order valence-corrected chi connectivity index (χ0v) is 9.97. The van der Waals surface area contributed by atoms with E-state index in [1.165, 1.54) is 6.07 Å². The molecule has 4 nitrogen and oxygen atoms in total. The highest BCUT2D eigenvalue weighted by atomic mass is 31.2. The van der Waals surface area contributed by atoms with E-state index in [0.29, 0.717) is 22.0 Å². The second kappa shape index (κ2) is 4.24. The molecule has 0 aliphatic carbocycles. The predicted octanol–water partition coefficient (Wildman–Crippen LogP) is 1.07. The molecular formula is C12H13N2O2P. The van der Waals surface area contributed by atoms with Gasteiger partial charge in [0.25, 0.3) is 7.37 Å². The van der Waals surface area contributed by atoms with Gasteiger partial charge in [-0.1, -0.05) is 6.07 Å². The van der Waals surface area contributed by atoms with Gasteiger partial charge in [0.1, 0.15) is 0 Å². The molecule has 0 aromatic heterocycles. The minimum atomic E-state index is -3.58. The van der Waals surface area contributed by atoms with E-state index in [9.17, 15) is 9.46 Å². The maximum atomic E-state index is 12.3. The van der Waals surface area contributed by atoms with Crippen LogP contribution in [0.25, 0.3) is 0 Å². The summed E-state index contributed by atoms with van der Waals surface area (Å²) in [5.74, 6) is 0. The predicted molar refractivity (Wildman–Crippen MR) is 70.8 cm³/mol. The Balaban J connectivity index is 2.49. The fourth-order valence-electron chi connectivity index (χ4n) is 1.54. The van der Waals surface area contributed by atoms with Gasteiger partial charge in [-0.15, -0.1) is 0 Å². The number of benzene rings is 2. The summed E-state index contributed by atoms with van der Waals surface area (Å²) < 4.78 is 12.3. The lowest BCUT2D eigenvalue weighted by Crippen LogP contribution is -2.15. The Labute approximate surface area is 99.3 Å². The molecule has 0 saturated carbocycles. The van der Waals surface area contributed by atoms with Gasteiger partial charge in [-0.2, -0.15) is 0 Å². The number of nitrogen functional groups attached to an aromatic ring is 2. The molecule has 17 heavy (non-hydrogen) atoms. The van der Waals surface area contributed by atoms with Crippen LogP contribution in [0.15, 0.2) is 48.5 Å². The van der Waals surface area contributed by atoms with Crippen LogP contribution in [0.4, 0.5) is 11.4 Å². The Morgan fingerprint density at radius 2 is 1.53 bits per heavy atom. The van der Waals surface area contributed by atoms with Crippen LogP contribution in [0.5, 0.6) is 0 Å². The van der Waals surface area contributed by atoms with E-state index in [-0.39, 0.29) is 0 Å². The Kier molecular flexibility index (Phi) is 2.92. The van der Waals surface area contributed by atoms with Crippen LogP contribution in [-0.2, 0) is 4.57 Å². The molecule has 1 unspecified atom stereocenters. The molecule has 2 aromatic carbocycles. The molecule has 5 N–H and O–H groups in total. The Bertz CT molecular complexity index is 581. The molecule has 0 amide bonds. The van der Waals surface area contributed by atoms with Crippen molar-refractivity contribution in [3.63, 3.8) is 0 Å². The molecule has 0 aliphatic heterocycles. The molecule has 0 saturated heterocycles. The zero-order valence-electron chi connectivity index (χ0n) is 9.08. The quantitative estimate of drug-likeness (QED) is 0.548. The van der Waals surface area contributed by atoms with Gasteiger partial charge in [0.2, 0.25) is 0 Å². The first-order chi connectivity index (χ1) is 8.00. The number of anilines is 2. The van der Waals surface area contributed by atoms with Crippen LogP contribution < -0.4 is 22.1 Å². The van der Waals surface area contributed by atoms with Crippen molar-refractivity contribution in [2.45, 2.75) is 0 Å². The lowest BCUT2D eigenvalue weighted by atomic mass is 10.3. The van der Waals surface area contributed by atoms with Crippen molar-refractivity contribution in [2.75, 3.05) is 11.5 Å². The third-order valence-electron chi connectivity index (χ3n) is 2.46. The van der Waals surface area contributed by atoms with Crippen molar-refractivity contribution >= 4 is 29.4 Å². The topological polar surface area (TPSA) is 89.3 Å². The number of hydrogen-bond donors (Lipinski definition) is 3. The van der Waals surface area contributed by atoms with Crippen molar-refractivity contribution < 1.29 is 9.46 Å². The number of hydrogen-bond acceptors (Lipinski definition) is 3. The lowest BCUT2D eigenvalue weighted by molar-refractivity contribution is 0.501. The van der Waals surface area contributed by atoms with Crippen molar-refractivity contribution in [1.29, 1.82) is 0 Å². The van der Waals surface area contributed by atoms with Gasteiger partial charge in [-0.3, -0.25) is 4.57 Å². The smallest absolute Gasteiger partial charge is 0.258 e. The maximum Gasteiger partial charge on any atom is 0.258 e. The third kappa shape index (κ3) is 2.33. The van der Waals surface area contributed by atoms with Gasteiger partial charge in [-0.25, -0.2) is 0 Å². The summed E-state index contributed by atoms with van der Waals surface area (Å²) in [5, 5.41) is 0.666. The van der Waals surface area contributed by atoms with Crippen molar-refractivity contribution in [1.82, 2.24) is 0 Å². The van der Waals surface area contributed by atoms with Gasteiger partial charge in [0.05, 0.1) is 0 Å². The van der Waals surface area contributed by atoms with E-state index in [4.69, 9.17) is 11.5 Å². The van der Waals surface area contributed by atoms with Crippen LogP contribution in [0.2, 0.25) is 0 Å². The standard InChI is InChI=1S/C12H13N2O2P/c13-9-4-6-11(7-5-9)17(15,16)12-3-1-2-10(14)8-12/h1-8H,13-14H2,(H,15,16). The molecular weight excluding hydrogens is 235 g/mol. The summed E-state index contributed by atoms with van der Waals surface area (Å²) in [6.45, 7) is 0. The molecule has 0 fully saturated rings. The van der Waals surface area contributed by atoms with Gasteiger partial charge in [-0.05, 0) is 42.5 Å². The normalized spacial score (nSPS) is 14.2. The van der Waals surface area contributed by atoms with Gasteiger partial charge in [0, 0.05) is 22.0 Å². The highest BCUT2D eigenvalue weighted by molar-refractivity contribution is 7.73. The largest absolute Gasteiger partial charge is 0.399 e. The zero-order chi connectivity index (χ0) is 12.5. The van der Waals surface area contributed by atoms with Crippen LogP contribution in [0, 0.1) is 0 Å². The van der Waals surface area contributed by atoms with Crippen molar-refractivity contribution in [2.24, 2.45) is 0 Å². The Morgan fingerprint density at radius 3 is 2.12 bits per heavy atom. The SMILES string of the molecule is Nc1ccc(P(=O)(O)c2cccc(N)c2)cc1. The minimum absolute atomic E-state index is 0.322. The molecule has 1 atom stereocenters. The molecule has 0 aliphatic rings. The molecule has 0 bridgehead atoms. The fourth-order valence-corrected chi connectivity index (χ4v) is 3.00. The first-order valence-corrected chi connectivity index (χ1v) is 6.71. The molecule has 0 radical (unpaired) electrons. The van der Waals surface area contributed by atoms with Gasteiger partial charge < -0.3 is 16.4 Å². The summed E-state index contributed by atoms with van der Waals surface area (Å²) in [5.41, 5.74) is 12.2. The fraction of sp³-hybridized carbons (Fsp3) is 0. The maximum absolute atomic E-state index is 12.3. The average molecular weight is 248 g/mol. The molecule has 88 valence electrons. The van der Waals surface area contributed by atoms with Crippen molar-refractivity contribution in [3.05, 3.63) is 48.5 Å². The summed E-state index contributed by atoms with van der Waals surface area (Å²) in [4.78, 5) is 10.1. The second-order valence-corrected chi connectivity index (χ2v) is 5.95. The Morgan fingerprint density at radius 1 is 0.882 bits per heavy atom. The highest BCUT2D eigenvalue weighted by Gasteiger charge is 2.23. The molecule has 5 heteroatoms. The summed E-state index contributed by atoms with van der Waals surface area (Å²) in [7, 11) is -3.58. The van der Waals surface area contributed by atoms with E-state index >= 15 is 0 Å². The second-order valence-electron chi connectivity index (χ2n) is 3.76. The summed E-state index contributed by atoms with van der Waals surface area (Å²) in [6.07, 6.45) is 0. The molecule has 2 aromatic rings. The number of rotatable bonds is 2. The molecule has 2 rings (SSSR count). The summed E-state index contributed by atoms with van der Waals surface area (Å²) in [6, 6.07) is 12.7. The van der Waals surface area contributed by atoms with E-state index in [1.54, 1.807) is 42.5 Å². The van der Waals surface area contributed by atoms with Gasteiger partial charge in [0.15, 0.2) is 0 Å². The van der Waals surface area contributed by atoms with E-state index in [1.807, 2.05) is 0 Å². The highest BCUT2D eigenvalue weighted by Crippen LogP contribution is 2.38. The first kappa shape index (κ1) is 11.7. The third-order valence-corrected chi connectivity index (χ3v) is 4.44. The van der Waals surface area contributed by atoms with E-state index in [2.05, 4.69) is 0 Å². The van der Waals surface area contributed by atoms with E-state index in [0.717, 1.165) is 0 Å². The average Bonchev–Trinajstić information content (AvgIpc) is 2.29. The lowest BCUT2D eigenvalue weighted by Gasteiger charge is -2.12. The summed E-state index contributed by atoms with van der Waals surface area (Å²) >= 11 is 0. The van der Waals surface area contributed by atoms with Crippen LogP contribution >= 0.6 is 7.37 Å². The Hall–Kier alpha value is -1.77. The number of nitrogens with two attached hydrogens (primary N) is 2. The van der Waals surface area contributed by atoms with Crippen LogP contribution in [-0.4, -0.2) is 4.89 Å². The monoisotopic (exact) mass is 248 g/mol. The van der Waals surface area contributed by atoms with E-state index < -0.39 is 7.37 Å². The molecule has 0 heterocycles. The first-order valence-electron chi connectivity index (χ1n) is 5.05. The minimum Gasteiger partial charge on any atom is -0.399 e. The van der Waals surface area contributed by atoms with Crippen LogP contribution in [0.1, 0.15) is 0 Å². The molecule has 0 spiro atoms. The van der Waals surface area contributed by atoms with Gasteiger partial charge >= 0.3 is 0 Å². The van der Waals surface area contributed by atoms with Crippen molar-refractivity contribution in [3.8, 4) is 0 Å².